The van der Waals surface area contributed by atoms with E-state index in [0.717, 1.165) is 12.1 Å². The minimum absolute atomic E-state index is 0.0126. The van der Waals surface area contributed by atoms with Crippen LogP contribution in [0.4, 0.5) is 14.5 Å². The third-order valence-electron chi connectivity index (χ3n) is 7.19. The Morgan fingerprint density at radius 1 is 1.09 bits per heavy atom. The monoisotopic (exact) mass is 513 g/mol. The second-order valence-corrected chi connectivity index (χ2v) is 12.2. The maximum atomic E-state index is 13.5. The molecule has 3 saturated carbocycles. The molecule has 0 aromatic heterocycles. The lowest BCUT2D eigenvalue weighted by molar-refractivity contribution is -0.240. The summed E-state index contributed by atoms with van der Waals surface area (Å²) in [6.07, 6.45) is 0.0739. The zero-order valence-electron chi connectivity index (χ0n) is 18.6. The molecule has 3 atom stereocenters. The van der Waals surface area contributed by atoms with Crippen LogP contribution in [0.1, 0.15) is 43.5 Å². The van der Waals surface area contributed by atoms with Crippen molar-refractivity contribution in [1.29, 1.82) is 0 Å². The average molecular weight is 514 g/mol. The number of nitrogens with one attached hydrogen (secondary N) is 1. The molecule has 0 heterocycles. The molecule has 3 fully saturated rings. The van der Waals surface area contributed by atoms with Gasteiger partial charge in [-0.25, -0.2) is 17.2 Å². The summed E-state index contributed by atoms with van der Waals surface area (Å²) >= 11 is 6.21. The van der Waals surface area contributed by atoms with Crippen molar-refractivity contribution in [3.63, 3.8) is 0 Å². The first-order valence-electron chi connectivity index (χ1n) is 11.1. The molecule has 10 heteroatoms. The van der Waals surface area contributed by atoms with E-state index in [4.69, 9.17) is 11.6 Å². The van der Waals surface area contributed by atoms with Crippen LogP contribution in [0, 0.1) is 29.4 Å². The van der Waals surface area contributed by atoms with Crippen molar-refractivity contribution in [2.24, 2.45) is 17.8 Å². The maximum absolute atomic E-state index is 13.5. The first-order valence-corrected chi connectivity index (χ1v) is 13.0. The fourth-order valence-electron chi connectivity index (χ4n) is 5.28. The Kier molecular flexibility index (Phi) is 6.52. The molecule has 3 unspecified atom stereocenters. The smallest absolute Gasteiger partial charge is 0.255 e. The summed E-state index contributed by atoms with van der Waals surface area (Å²) in [5.41, 5.74) is -1.30. The number of fused-ring (bicyclic) bond motifs is 2. The van der Waals surface area contributed by atoms with Crippen molar-refractivity contribution < 1.29 is 32.2 Å². The second-order valence-electron chi connectivity index (χ2n) is 9.57. The molecule has 2 aromatic carbocycles. The maximum Gasteiger partial charge on any atom is 0.255 e. The number of halogens is 3. The molecule has 0 saturated heterocycles. The predicted octanol–water partition coefficient (Wildman–Crippen LogP) is 4.19. The molecule has 2 bridgehead atoms. The number of carbonyl (C=O) groups is 1. The number of aliphatic hydroxyl groups excluding tert-OH is 1. The van der Waals surface area contributed by atoms with Gasteiger partial charge in [0.1, 0.15) is 0 Å². The van der Waals surface area contributed by atoms with Crippen molar-refractivity contribution in [3.05, 3.63) is 58.6 Å². The molecule has 3 aliphatic carbocycles. The van der Waals surface area contributed by atoms with Crippen LogP contribution in [0.2, 0.25) is 5.02 Å². The second kappa shape index (κ2) is 8.86. The number of hydrogen-bond acceptors (Lipinski definition) is 5. The summed E-state index contributed by atoms with van der Waals surface area (Å²) in [6.45, 7) is 3.61. The van der Waals surface area contributed by atoms with Crippen LogP contribution in [-0.4, -0.2) is 41.5 Å². The van der Waals surface area contributed by atoms with E-state index < -0.39 is 44.3 Å². The van der Waals surface area contributed by atoms with Gasteiger partial charge in [-0.3, -0.25) is 4.79 Å². The van der Waals surface area contributed by atoms with E-state index in [1.54, 1.807) is 0 Å². The Balaban J connectivity index is 1.56. The van der Waals surface area contributed by atoms with Crippen molar-refractivity contribution in [2.75, 3.05) is 5.32 Å². The third-order valence-corrected chi connectivity index (χ3v) is 9.85. The molecule has 0 radical (unpaired) electrons. The highest BCUT2D eigenvalue weighted by Gasteiger charge is 2.63. The largest absolute Gasteiger partial charge is 0.390 e. The van der Waals surface area contributed by atoms with Gasteiger partial charge in [-0.15, -0.1) is 0 Å². The van der Waals surface area contributed by atoms with Gasteiger partial charge in [-0.1, -0.05) is 25.4 Å². The first kappa shape index (κ1) is 25.0. The lowest BCUT2D eigenvalue weighted by Crippen LogP contribution is -2.68. The van der Waals surface area contributed by atoms with E-state index in [2.05, 4.69) is 5.32 Å². The minimum atomic E-state index is -3.95. The number of hydrogen-bond donors (Lipinski definition) is 3. The highest BCUT2D eigenvalue weighted by atomic mass is 35.5. The molecule has 2 aromatic rings. The van der Waals surface area contributed by atoms with Crippen LogP contribution in [0.3, 0.4) is 0 Å². The quantitative estimate of drug-likeness (QED) is 0.537. The summed E-state index contributed by atoms with van der Waals surface area (Å²) < 4.78 is 53.5. The fraction of sp³-hybridized carbons (Fsp3) is 0.458. The molecule has 1 amide bonds. The fourth-order valence-corrected chi connectivity index (χ4v) is 7.69. The Hall–Kier alpha value is -2.07. The van der Waals surface area contributed by atoms with Gasteiger partial charge in [0.05, 0.1) is 26.9 Å². The van der Waals surface area contributed by atoms with E-state index in [0.29, 0.717) is 6.42 Å². The summed E-state index contributed by atoms with van der Waals surface area (Å²) in [6, 6.07) is 6.69. The molecule has 6 nitrogen and oxygen atoms in total. The van der Waals surface area contributed by atoms with E-state index in [-0.39, 0.29) is 51.8 Å². The molecule has 3 N–H and O–H groups in total. The Labute approximate surface area is 201 Å². The number of benzene rings is 2. The van der Waals surface area contributed by atoms with Crippen molar-refractivity contribution in [3.8, 4) is 0 Å². The lowest BCUT2D eigenvalue weighted by Gasteiger charge is -2.60. The summed E-state index contributed by atoms with van der Waals surface area (Å²) in [4.78, 5) is 12.4. The molecule has 5 rings (SSSR count). The predicted molar refractivity (Wildman–Crippen MR) is 123 cm³/mol. The van der Waals surface area contributed by atoms with Crippen molar-refractivity contribution >= 4 is 33.0 Å². The number of carbonyl (C=O) groups excluding carboxylic acids is 1. The molecule has 0 spiro atoms. The summed E-state index contributed by atoms with van der Waals surface area (Å²) in [5, 5.41) is 23.1. The zero-order chi connectivity index (χ0) is 25.0. The first-order chi connectivity index (χ1) is 15.9. The Morgan fingerprint density at radius 3 is 2.32 bits per heavy atom. The number of amides is 1. The molecule has 184 valence electrons. The van der Waals surface area contributed by atoms with E-state index in [9.17, 15) is 32.2 Å². The molecule has 3 aliphatic rings. The average Bonchev–Trinajstić information content (AvgIpc) is 2.80. The van der Waals surface area contributed by atoms with Gasteiger partial charge in [-0.05, 0) is 67.3 Å². The Morgan fingerprint density at radius 2 is 1.74 bits per heavy atom. The molecular weight excluding hydrogens is 488 g/mol. The van der Waals surface area contributed by atoms with Crippen LogP contribution >= 0.6 is 11.6 Å². The van der Waals surface area contributed by atoms with Gasteiger partial charge >= 0.3 is 0 Å². The topological polar surface area (TPSA) is 104 Å². The SMILES string of the molecule is CC(C)C(O)C1(O)C2CC1CC(S(=O)(=O)c1cc(C(=O)Nc3ccc(F)c(F)c3)ccc1Cl)C2. The van der Waals surface area contributed by atoms with Gasteiger partial charge in [0.25, 0.3) is 5.91 Å². The van der Waals surface area contributed by atoms with Crippen LogP contribution in [-0.2, 0) is 9.84 Å². The summed E-state index contributed by atoms with van der Waals surface area (Å²) in [5.74, 6) is -3.75. The van der Waals surface area contributed by atoms with Crippen LogP contribution in [0.15, 0.2) is 41.3 Å². The number of aliphatic hydroxyl groups is 2. The normalized spacial score (nSPS) is 27.2. The van der Waals surface area contributed by atoms with Crippen molar-refractivity contribution in [2.45, 2.75) is 55.0 Å². The molecule has 0 aliphatic heterocycles. The van der Waals surface area contributed by atoms with Crippen LogP contribution < -0.4 is 5.32 Å². The zero-order valence-corrected chi connectivity index (χ0v) is 20.2. The van der Waals surface area contributed by atoms with Gasteiger partial charge in [-0.2, -0.15) is 0 Å². The lowest BCUT2D eigenvalue weighted by atomic mass is 9.51. The van der Waals surface area contributed by atoms with E-state index in [1.165, 1.54) is 24.3 Å². The number of rotatable bonds is 6. The van der Waals surface area contributed by atoms with Gasteiger partial charge in [0.15, 0.2) is 21.5 Å². The van der Waals surface area contributed by atoms with Gasteiger partial charge in [0, 0.05) is 17.3 Å². The minimum Gasteiger partial charge on any atom is -0.390 e. The highest BCUT2D eigenvalue weighted by Crippen LogP contribution is 2.58. The number of sulfone groups is 1. The van der Waals surface area contributed by atoms with Gasteiger partial charge in [0.2, 0.25) is 0 Å². The molecule has 34 heavy (non-hydrogen) atoms. The Bertz CT molecular complexity index is 1220. The third kappa shape index (κ3) is 4.12. The number of anilines is 1. The van der Waals surface area contributed by atoms with Gasteiger partial charge < -0.3 is 15.5 Å². The standard InChI is InChI=1S/C24H26ClF2NO5S/c1-12(2)22(29)24(31)14-8-15(24)10-17(9-14)34(32,33)21-7-13(3-5-18(21)25)23(30)28-16-4-6-19(26)20(27)11-16/h3-7,11-12,14-15,17,22,29,31H,8-10H2,1-2H3,(H,28,30). The van der Waals surface area contributed by atoms with Crippen molar-refractivity contribution in [1.82, 2.24) is 0 Å². The van der Waals surface area contributed by atoms with E-state index in [1.807, 2.05) is 13.8 Å². The van der Waals surface area contributed by atoms with Crippen LogP contribution in [0.25, 0.3) is 0 Å². The molecular formula is C24H26ClF2NO5S. The van der Waals surface area contributed by atoms with E-state index >= 15 is 0 Å². The highest BCUT2D eigenvalue weighted by molar-refractivity contribution is 7.92. The van der Waals surface area contributed by atoms with Crippen LogP contribution in [0.5, 0.6) is 0 Å². The summed E-state index contributed by atoms with van der Waals surface area (Å²) in [7, 11) is -3.95.